The summed E-state index contributed by atoms with van der Waals surface area (Å²) in [7, 11) is 0. The van der Waals surface area contributed by atoms with Crippen molar-refractivity contribution < 1.29 is 9.52 Å². The monoisotopic (exact) mass is 211 g/mol. The van der Waals surface area contributed by atoms with Gasteiger partial charge in [0.2, 0.25) is 0 Å². The molecule has 0 aliphatic carbocycles. The molecule has 0 bridgehead atoms. The molecule has 0 spiro atoms. The lowest BCUT2D eigenvalue weighted by molar-refractivity contribution is 0.0526. The van der Waals surface area contributed by atoms with E-state index in [1.165, 1.54) is 0 Å². The van der Waals surface area contributed by atoms with Gasteiger partial charge in [-0.15, -0.1) is 0 Å². The highest BCUT2D eigenvalue weighted by molar-refractivity contribution is 5.08. The molecule has 3 nitrogen and oxygen atoms in total. The molecule has 2 atom stereocenters. The van der Waals surface area contributed by atoms with E-state index in [0.717, 1.165) is 17.9 Å². The van der Waals surface area contributed by atoms with Gasteiger partial charge in [0.1, 0.15) is 11.5 Å². The van der Waals surface area contributed by atoms with E-state index in [1.807, 2.05) is 39.8 Å². The van der Waals surface area contributed by atoms with Crippen LogP contribution in [0.2, 0.25) is 0 Å². The van der Waals surface area contributed by atoms with Gasteiger partial charge in [0.05, 0.1) is 11.6 Å². The van der Waals surface area contributed by atoms with Crippen LogP contribution >= 0.6 is 0 Å². The molecule has 15 heavy (non-hydrogen) atoms. The molecular formula is C12H21NO2. The third-order valence-electron chi connectivity index (χ3n) is 2.74. The molecule has 0 amide bonds. The summed E-state index contributed by atoms with van der Waals surface area (Å²) in [5, 5.41) is 13.1. The largest absolute Gasteiger partial charge is 0.465 e. The van der Waals surface area contributed by atoms with Crippen molar-refractivity contribution in [2.75, 3.05) is 6.54 Å². The minimum absolute atomic E-state index is 0.136. The molecular weight excluding hydrogens is 190 g/mol. The van der Waals surface area contributed by atoms with Crippen LogP contribution in [0.4, 0.5) is 0 Å². The van der Waals surface area contributed by atoms with Crippen LogP contribution < -0.4 is 5.32 Å². The molecule has 3 heteroatoms. The Morgan fingerprint density at radius 2 is 2.20 bits per heavy atom. The number of nitrogens with one attached hydrogen (secondary N) is 1. The maximum absolute atomic E-state index is 9.83. The smallest absolute Gasteiger partial charge is 0.120 e. The van der Waals surface area contributed by atoms with E-state index in [1.54, 1.807) is 0 Å². The molecule has 2 unspecified atom stereocenters. The molecule has 0 saturated carbocycles. The Bertz CT molecular complexity index is 304. The van der Waals surface area contributed by atoms with Crippen LogP contribution in [0.15, 0.2) is 16.5 Å². The number of aliphatic hydroxyl groups is 1. The second-order valence-corrected chi connectivity index (χ2v) is 4.40. The van der Waals surface area contributed by atoms with Gasteiger partial charge < -0.3 is 14.8 Å². The quantitative estimate of drug-likeness (QED) is 0.786. The van der Waals surface area contributed by atoms with Crippen molar-refractivity contribution >= 4 is 0 Å². The highest BCUT2D eigenvalue weighted by Crippen LogP contribution is 2.16. The average Bonchev–Trinajstić information content (AvgIpc) is 2.61. The Labute approximate surface area is 91.5 Å². The SMILES string of the molecule is CCC(C)(O)CNC(C)c1ccc(C)o1. The van der Waals surface area contributed by atoms with Gasteiger partial charge in [-0.05, 0) is 39.3 Å². The molecule has 0 radical (unpaired) electrons. The predicted octanol–water partition coefficient (Wildman–Crippen LogP) is 2.40. The second kappa shape index (κ2) is 4.81. The summed E-state index contributed by atoms with van der Waals surface area (Å²) >= 11 is 0. The van der Waals surface area contributed by atoms with Crippen molar-refractivity contribution in [1.82, 2.24) is 5.32 Å². The summed E-state index contributed by atoms with van der Waals surface area (Å²) in [5.74, 6) is 1.83. The highest BCUT2D eigenvalue weighted by Gasteiger charge is 2.19. The summed E-state index contributed by atoms with van der Waals surface area (Å²) in [6, 6.07) is 4.05. The van der Waals surface area contributed by atoms with Gasteiger partial charge in [-0.3, -0.25) is 0 Å². The summed E-state index contributed by atoms with van der Waals surface area (Å²) in [6.45, 7) is 8.34. The Kier molecular flexibility index (Phi) is 3.94. The Balaban J connectivity index is 2.46. The van der Waals surface area contributed by atoms with Gasteiger partial charge >= 0.3 is 0 Å². The molecule has 0 fully saturated rings. The van der Waals surface area contributed by atoms with Gasteiger partial charge in [-0.2, -0.15) is 0 Å². The molecule has 86 valence electrons. The van der Waals surface area contributed by atoms with E-state index < -0.39 is 5.60 Å². The first-order chi connectivity index (χ1) is 6.94. The number of hydrogen-bond donors (Lipinski definition) is 2. The van der Waals surface area contributed by atoms with Crippen molar-refractivity contribution in [3.05, 3.63) is 23.7 Å². The Hall–Kier alpha value is -0.800. The van der Waals surface area contributed by atoms with E-state index in [-0.39, 0.29) is 6.04 Å². The Morgan fingerprint density at radius 3 is 2.67 bits per heavy atom. The fourth-order valence-electron chi connectivity index (χ4n) is 1.28. The molecule has 1 aromatic rings. The van der Waals surface area contributed by atoms with Crippen LogP contribution in [0, 0.1) is 6.92 Å². The molecule has 0 aliphatic heterocycles. The van der Waals surface area contributed by atoms with E-state index in [9.17, 15) is 5.11 Å². The lowest BCUT2D eigenvalue weighted by Crippen LogP contribution is -2.38. The zero-order valence-corrected chi connectivity index (χ0v) is 10.0. The predicted molar refractivity (Wildman–Crippen MR) is 60.8 cm³/mol. The van der Waals surface area contributed by atoms with E-state index in [2.05, 4.69) is 5.32 Å². The number of hydrogen-bond acceptors (Lipinski definition) is 3. The fraction of sp³-hybridized carbons (Fsp3) is 0.667. The summed E-state index contributed by atoms with van der Waals surface area (Å²) in [4.78, 5) is 0. The number of rotatable bonds is 5. The molecule has 0 saturated heterocycles. The fourth-order valence-corrected chi connectivity index (χ4v) is 1.28. The maximum Gasteiger partial charge on any atom is 0.120 e. The zero-order valence-electron chi connectivity index (χ0n) is 10.0. The normalized spacial score (nSPS) is 17.4. The van der Waals surface area contributed by atoms with Gasteiger partial charge in [0, 0.05) is 6.54 Å². The second-order valence-electron chi connectivity index (χ2n) is 4.40. The number of aryl methyl sites for hydroxylation is 1. The van der Waals surface area contributed by atoms with Crippen molar-refractivity contribution in [2.45, 2.75) is 45.8 Å². The van der Waals surface area contributed by atoms with E-state index in [0.29, 0.717) is 6.54 Å². The zero-order chi connectivity index (χ0) is 11.5. The van der Waals surface area contributed by atoms with Crippen molar-refractivity contribution in [3.63, 3.8) is 0 Å². The molecule has 1 aromatic heterocycles. The van der Waals surface area contributed by atoms with Gasteiger partial charge in [0.15, 0.2) is 0 Å². The molecule has 2 N–H and O–H groups in total. The molecule has 1 heterocycles. The van der Waals surface area contributed by atoms with Gasteiger partial charge in [-0.25, -0.2) is 0 Å². The maximum atomic E-state index is 9.83. The van der Waals surface area contributed by atoms with Gasteiger partial charge in [-0.1, -0.05) is 6.92 Å². The first-order valence-electron chi connectivity index (χ1n) is 5.47. The van der Waals surface area contributed by atoms with Gasteiger partial charge in [0.25, 0.3) is 0 Å². The standard InChI is InChI=1S/C12H21NO2/c1-5-12(4,14)8-13-10(3)11-7-6-9(2)15-11/h6-7,10,13-14H,5,8H2,1-4H3. The highest BCUT2D eigenvalue weighted by atomic mass is 16.3. The summed E-state index contributed by atoms with van der Waals surface area (Å²) < 4.78 is 5.50. The van der Waals surface area contributed by atoms with E-state index in [4.69, 9.17) is 4.42 Å². The van der Waals surface area contributed by atoms with Crippen LogP contribution in [-0.4, -0.2) is 17.3 Å². The third kappa shape index (κ3) is 3.68. The number of furan rings is 1. The summed E-state index contributed by atoms with van der Waals surface area (Å²) in [5.41, 5.74) is -0.643. The minimum Gasteiger partial charge on any atom is -0.465 e. The van der Waals surface area contributed by atoms with Crippen LogP contribution in [0.3, 0.4) is 0 Å². The van der Waals surface area contributed by atoms with Crippen LogP contribution in [-0.2, 0) is 0 Å². The van der Waals surface area contributed by atoms with Crippen LogP contribution in [0.5, 0.6) is 0 Å². The van der Waals surface area contributed by atoms with E-state index >= 15 is 0 Å². The first kappa shape index (κ1) is 12.3. The molecule has 0 aromatic carbocycles. The minimum atomic E-state index is -0.643. The molecule has 1 rings (SSSR count). The third-order valence-corrected chi connectivity index (χ3v) is 2.74. The molecule has 0 aliphatic rings. The topological polar surface area (TPSA) is 45.4 Å². The first-order valence-corrected chi connectivity index (χ1v) is 5.47. The lowest BCUT2D eigenvalue weighted by atomic mass is 10.0. The van der Waals surface area contributed by atoms with Crippen molar-refractivity contribution in [1.29, 1.82) is 0 Å². The van der Waals surface area contributed by atoms with Crippen LogP contribution in [0.25, 0.3) is 0 Å². The van der Waals surface area contributed by atoms with Crippen LogP contribution in [0.1, 0.15) is 44.8 Å². The Morgan fingerprint density at radius 1 is 1.53 bits per heavy atom. The average molecular weight is 211 g/mol. The lowest BCUT2D eigenvalue weighted by Gasteiger charge is -2.23. The van der Waals surface area contributed by atoms with Crippen molar-refractivity contribution in [3.8, 4) is 0 Å². The summed E-state index contributed by atoms with van der Waals surface area (Å²) in [6.07, 6.45) is 0.740. The van der Waals surface area contributed by atoms with Crippen molar-refractivity contribution in [2.24, 2.45) is 0 Å².